The first-order valence-corrected chi connectivity index (χ1v) is 4.91. The molecule has 0 radical (unpaired) electrons. The molecule has 0 amide bonds. The molecule has 0 bridgehead atoms. The van der Waals surface area contributed by atoms with Gasteiger partial charge in [-0.15, -0.1) is 0 Å². The molecule has 5 nitrogen and oxygen atoms in total. The molecule has 0 atom stereocenters. The zero-order valence-electron chi connectivity index (χ0n) is 9.12. The molecule has 5 heteroatoms. The fraction of sp³-hybridized carbons (Fsp3) is 0.0833. The van der Waals surface area contributed by atoms with Crippen LogP contribution >= 0.6 is 0 Å². The van der Waals surface area contributed by atoms with E-state index in [4.69, 9.17) is 9.84 Å². The number of hydrogen-bond acceptors (Lipinski definition) is 4. The van der Waals surface area contributed by atoms with Gasteiger partial charge in [0, 0.05) is 24.0 Å². The van der Waals surface area contributed by atoms with Crippen molar-refractivity contribution in [1.29, 1.82) is 0 Å². The van der Waals surface area contributed by atoms with Crippen LogP contribution in [-0.4, -0.2) is 28.2 Å². The van der Waals surface area contributed by atoms with Gasteiger partial charge in [0.2, 0.25) is 5.88 Å². The number of methoxy groups -OCH3 is 1. The number of aromatic carboxylic acids is 1. The van der Waals surface area contributed by atoms with Gasteiger partial charge in [-0.1, -0.05) is 0 Å². The van der Waals surface area contributed by atoms with E-state index >= 15 is 0 Å². The van der Waals surface area contributed by atoms with Crippen LogP contribution < -0.4 is 4.74 Å². The maximum atomic E-state index is 11.1. The zero-order valence-corrected chi connectivity index (χ0v) is 9.12. The van der Waals surface area contributed by atoms with Gasteiger partial charge >= 0.3 is 5.97 Å². The molecule has 0 spiro atoms. The van der Waals surface area contributed by atoms with E-state index in [1.807, 2.05) is 0 Å². The fourth-order valence-corrected chi connectivity index (χ4v) is 1.46. The molecule has 0 unspecified atom stereocenters. The molecule has 17 heavy (non-hydrogen) atoms. The molecule has 86 valence electrons. The van der Waals surface area contributed by atoms with Crippen LogP contribution in [0.3, 0.4) is 0 Å². The van der Waals surface area contributed by atoms with Crippen LogP contribution in [-0.2, 0) is 0 Å². The predicted molar refractivity (Wildman–Crippen MR) is 61.0 cm³/mol. The third kappa shape index (κ3) is 2.23. The third-order valence-electron chi connectivity index (χ3n) is 2.26. The third-order valence-corrected chi connectivity index (χ3v) is 2.26. The van der Waals surface area contributed by atoms with Crippen LogP contribution in [0, 0.1) is 0 Å². The summed E-state index contributed by atoms with van der Waals surface area (Å²) in [4.78, 5) is 19.1. The van der Waals surface area contributed by atoms with Crippen LogP contribution in [0.1, 0.15) is 10.4 Å². The molecule has 0 fully saturated rings. The van der Waals surface area contributed by atoms with Gasteiger partial charge in [-0.2, -0.15) is 0 Å². The summed E-state index contributed by atoms with van der Waals surface area (Å²) >= 11 is 0. The number of carboxylic acids is 1. The van der Waals surface area contributed by atoms with Crippen molar-refractivity contribution in [1.82, 2.24) is 9.97 Å². The quantitative estimate of drug-likeness (QED) is 0.871. The summed E-state index contributed by atoms with van der Waals surface area (Å²) in [6.45, 7) is 0. The maximum absolute atomic E-state index is 11.1. The second kappa shape index (κ2) is 4.61. The second-order valence-electron chi connectivity index (χ2n) is 3.29. The summed E-state index contributed by atoms with van der Waals surface area (Å²) < 4.78 is 4.99. The van der Waals surface area contributed by atoms with E-state index in [9.17, 15) is 4.79 Å². The molecule has 2 aromatic heterocycles. The largest absolute Gasteiger partial charge is 0.481 e. The zero-order chi connectivity index (χ0) is 12.3. The lowest BCUT2D eigenvalue weighted by atomic mass is 10.1. The van der Waals surface area contributed by atoms with Gasteiger partial charge in [0.15, 0.2) is 0 Å². The molecule has 1 N–H and O–H groups in total. The number of aromatic nitrogens is 2. The van der Waals surface area contributed by atoms with Gasteiger partial charge in [0.25, 0.3) is 0 Å². The Bertz CT molecular complexity index is 541. The number of nitrogens with zero attached hydrogens (tertiary/aromatic N) is 2. The average Bonchev–Trinajstić information content (AvgIpc) is 2.39. The van der Waals surface area contributed by atoms with Crippen molar-refractivity contribution >= 4 is 5.97 Å². The van der Waals surface area contributed by atoms with E-state index in [-0.39, 0.29) is 5.56 Å². The highest BCUT2D eigenvalue weighted by molar-refractivity contribution is 5.94. The molecular weight excluding hydrogens is 220 g/mol. The molecule has 0 aliphatic carbocycles. The Morgan fingerprint density at radius 1 is 1.24 bits per heavy atom. The van der Waals surface area contributed by atoms with Gasteiger partial charge in [-0.25, -0.2) is 9.78 Å². The van der Waals surface area contributed by atoms with Crippen LogP contribution in [0.15, 0.2) is 36.7 Å². The standard InChI is InChI=1S/C12H10N2O3/c1-17-10-3-2-9(12(15)16)11(14-10)8-4-6-13-7-5-8/h2-7H,1H3,(H,15,16). The second-order valence-corrected chi connectivity index (χ2v) is 3.29. The molecule has 0 aromatic carbocycles. The molecule has 2 heterocycles. The van der Waals surface area contributed by atoms with E-state index in [1.165, 1.54) is 19.2 Å². The molecule has 2 rings (SSSR count). The average molecular weight is 230 g/mol. The minimum atomic E-state index is -1.02. The van der Waals surface area contributed by atoms with Crippen molar-refractivity contribution in [2.45, 2.75) is 0 Å². The Hall–Kier alpha value is -2.43. The van der Waals surface area contributed by atoms with Crippen molar-refractivity contribution in [3.05, 3.63) is 42.2 Å². The van der Waals surface area contributed by atoms with Gasteiger partial charge in [-0.3, -0.25) is 4.98 Å². The predicted octanol–water partition coefficient (Wildman–Crippen LogP) is 1.85. The van der Waals surface area contributed by atoms with Crippen molar-refractivity contribution in [3.8, 4) is 17.1 Å². The normalized spacial score (nSPS) is 9.94. The molecule has 0 saturated carbocycles. The van der Waals surface area contributed by atoms with E-state index in [0.717, 1.165) is 0 Å². The van der Waals surface area contributed by atoms with E-state index in [1.54, 1.807) is 24.5 Å². The Morgan fingerprint density at radius 2 is 1.94 bits per heavy atom. The minimum absolute atomic E-state index is 0.136. The number of carbonyl (C=O) groups is 1. The molecular formula is C12H10N2O3. The van der Waals surface area contributed by atoms with E-state index < -0.39 is 5.97 Å². The van der Waals surface area contributed by atoms with E-state index in [0.29, 0.717) is 17.1 Å². The smallest absolute Gasteiger partial charge is 0.337 e. The lowest BCUT2D eigenvalue weighted by Gasteiger charge is -2.07. The molecule has 0 saturated heterocycles. The first-order chi connectivity index (χ1) is 8.22. The Morgan fingerprint density at radius 3 is 2.53 bits per heavy atom. The molecule has 0 aliphatic heterocycles. The topological polar surface area (TPSA) is 72.3 Å². The highest BCUT2D eigenvalue weighted by Crippen LogP contribution is 2.23. The fourth-order valence-electron chi connectivity index (χ4n) is 1.46. The summed E-state index contributed by atoms with van der Waals surface area (Å²) in [5, 5.41) is 9.09. The first kappa shape index (κ1) is 11.1. The van der Waals surface area contributed by atoms with Crippen LogP contribution in [0.25, 0.3) is 11.3 Å². The summed E-state index contributed by atoms with van der Waals surface area (Å²) in [6, 6.07) is 6.40. The van der Waals surface area contributed by atoms with Crippen LogP contribution in [0.2, 0.25) is 0 Å². The Kier molecular flexibility index (Phi) is 3.00. The highest BCUT2D eigenvalue weighted by atomic mass is 16.5. The van der Waals surface area contributed by atoms with Crippen molar-refractivity contribution < 1.29 is 14.6 Å². The van der Waals surface area contributed by atoms with Crippen molar-refractivity contribution in [3.63, 3.8) is 0 Å². The summed E-state index contributed by atoms with van der Waals surface area (Å²) in [7, 11) is 1.49. The van der Waals surface area contributed by atoms with Gasteiger partial charge in [-0.05, 0) is 18.2 Å². The molecule has 2 aromatic rings. The van der Waals surface area contributed by atoms with Gasteiger partial charge in [0.1, 0.15) is 0 Å². The number of ether oxygens (including phenoxy) is 1. The summed E-state index contributed by atoms with van der Waals surface area (Å²) in [5.41, 5.74) is 1.20. The summed E-state index contributed by atoms with van der Waals surface area (Å²) in [6.07, 6.45) is 3.17. The highest BCUT2D eigenvalue weighted by Gasteiger charge is 2.14. The Balaban J connectivity index is 2.61. The Labute approximate surface area is 97.7 Å². The maximum Gasteiger partial charge on any atom is 0.337 e. The van der Waals surface area contributed by atoms with Crippen LogP contribution in [0.4, 0.5) is 0 Å². The lowest BCUT2D eigenvalue weighted by molar-refractivity contribution is 0.0697. The number of hydrogen-bond donors (Lipinski definition) is 1. The molecule has 0 aliphatic rings. The van der Waals surface area contributed by atoms with Crippen molar-refractivity contribution in [2.24, 2.45) is 0 Å². The van der Waals surface area contributed by atoms with Crippen molar-refractivity contribution in [2.75, 3.05) is 7.11 Å². The number of pyridine rings is 2. The lowest BCUT2D eigenvalue weighted by Crippen LogP contribution is -2.02. The van der Waals surface area contributed by atoms with E-state index in [2.05, 4.69) is 9.97 Å². The van der Waals surface area contributed by atoms with Crippen LogP contribution in [0.5, 0.6) is 5.88 Å². The first-order valence-electron chi connectivity index (χ1n) is 4.91. The number of carboxylic acid groups (broad SMARTS) is 1. The van der Waals surface area contributed by atoms with Gasteiger partial charge in [0.05, 0.1) is 18.4 Å². The summed E-state index contributed by atoms with van der Waals surface area (Å²) in [5.74, 6) is -0.645. The minimum Gasteiger partial charge on any atom is -0.481 e. The number of rotatable bonds is 3. The van der Waals surface area contributed by atoms with Gasteiger partial charge < -0.3 is 9.84 Å². The SMILES string of the molecule is COc1ccc(C(=O)O)c(-c2ccncc2)n1. The monoisotopic (exact) mass is 230 g/mol.